The van der Waals surface area contributed by atoms with E-state index in [4.69, 9.17) is 21.7 Å². The zero-order chi connectivity index (χ0) is 22.5. The van der Waals surface area contributed by atoms with Crippen molar-refractivity contribution in [2.45, 2.75) is 13.5 Å². The van der Waals surface area contributed by atoms with E-state index in [0.717, 1.165) is 11.1 Å². The molecule has 0 aliphatic carbocycles. The van der Waals surface area contributed by atoms with Crippen LogP contribution < -0.4 is 9.47 Å². The number of amides is 1. The third-order valence-corrected chi connectivity index (χ3v) is 6.78. The number of ether oxygens (including phenoxy) is 2. The van der Waals surface area contributed by atoms with Crippen molar-refractivity contribution in [3.63, 3.8) is 0 Å². The van der Waals surface area contributed by atoms with Crippen molar-refractivity contribution < 1.29 is 19.1 Å². The quantitative estimate of drug-likeness (QED) is 0.185. The molecular formula is C24H19NO4S3. The second-order valence-electron chi connectivity index (χ2n) is 6.76. The fourth-order valence-electron chi connectivity index (χ4n) is 3.07. The molecule has 32 heavy (non-hydrogen) atoms. The highest BCUT2D eigenvalue weighted by Crippen LogP contribution is 2.36. The van der Waals surface area contributed by atoms with Crippen LogP contribution in [0, 0.1) is 0 Å². The lowest BCUT2D eigenvalue weighted by molar-refractivity contribution is -0.122. The number of thiocarbonyl (C=S) groups is 1. The van der Waals surface area contributed by atoms with Crippen molar-refractivity contribution in [3.05, 3.63) is 87.0 Å². The molecule has 1 aliphatic heterocycles. The molecule has 1 aromatic heterocycles. The molecule has 0 N–H and O–H groups in total. The van der Waals surface area contributed by atoms with Gasteiger partial charge < -0.3 is 9.47 Å². The maximum Gasteiger partial charge on any atom is 0.353 e. The number of rotatable bonds is 7. The van der Waals surface area contributed by atoms with E-state index >= 15 is 0 Å². The van der Waals surface area contributed by atoms with Crippen molar-refractivity contribution in [2.24, 2.45) is 0 Å². The topological polar surface area (TPSA) is 55.8 Å². The highest BCUT2D eigenvalue weighted by molar-refractivity contribution is 8.26. The Morgan fingerprint density at radius 2 is 1.91 bits per heavy atom. The molecule has 4 rings (SSSR count). The van der Waals surface area contributed by atoms with Gasteiger partial charge in [0.15, 0.2) is 11.5 Å². The van der Waals surface area contributed by atoms with Crippen LogP contribution in [-0.2, 0) is 11.3 Å². The first kappa shape index (κ1) is 22.3. The summed E-state index contributed by atoms with van der Waals surface area (Å²) in [5, 5.41) is 1.82. The van der Waals surface area contributed by atoms with Gasteiger partial charge in [0.25, 0.3) is 5.91 Å². The van der Waals surface area contributed by atoms with Crippen molar-refractivity contribution in [3.8, 4) is 11.5 Å². The van der Waals surface area contributed by atoms with Gasteiger partial charge in [-0.2, -0.15) is 0 Å². The van der Waals surface area contributed by atoms with E-state index in [1.807, 2.05) is 42.6 Å². The molecule has 1 saturated heterocycles. The first-order chi connectivity index (χ1) is 15.5. The number of hydrogen-bond acceptors (Lipinski definition) is 7. The Hall–Kier alpha value is -2.94. The van der Waals surface area contributed by atoms with Crippen molar-refractivity contribution in [1.82, 2.24) is 4.90 Å². The van der Waals surface area contributed by atoms with E-state index in [2.05, 4.69) is 0 Å². The number of esters is 1. The lowest BCUT2D eigenvalue weighted by Gasteiger charge is -2.14. The second-order valence-corrected chi connectivity index (χ2v) is 9.38. The van der Waals surface area contributed by atoms with Crippen LogP contribution >= 0.6 is 35.3 Å². The number of benzene rings is 2. The average molecular weight is 482 g/mol. The number of thiophene rings is 1. The third kappa shape index (κ3) is 5.09. The van der Waals surface area contributed by atoms with Gasteiger partial charge in [0.2, 0.25) is 0 Å². The summed E-state index contributed by atoms with van der Waals surface area (Å²) in [4.78, 5) is 27.9. The van der Waals surface area contributed by atoms with E-state index in [9.17, 15) is 9.59 Å². The number of hydrogen-bond donors (Lipinski definition) is 0. The van der Waals surface area contributed by atoms with Crippen LogP contribution in [0.25, 0.3) is 6.08 Å². The fourth-order valence-corrected chi connectivity index (χ4v) is 4.92. The lowest BCUT2D eigenvalue weighted by atomic mass is 10.1. The molecule has 0 unspecified atom stereocenters. The van der Waals surface area contributed by atoms with Gasteiger partial charge in [-0.1, -0.05) is 66.4 Å². The zero-order valence-corrected chi connectivity index (χ0v) is 19.6. The SMILES string of the molecule is CCOc1cc(C=C2SC(=S)N(Cc3ccccc3)C2=O)ccc1OC(=O)c1cccs1. The summed E-state index contributed by atoms with van der Waals surface area (Å²) in [6.07, 6.45) is 1.78. The number of carbonyl (C=O) groups excluding carboxylic acids is 2. The lowest BCUT2D eigenvalue weighted by Crippen LogP contribution is -2.27. The molecule has 2 heterocycles. The summed E-state index contributed by atoms with van der Waals surface area (Å²) in [5.41, 5.74) is 1.77. The minimum Gasteiger partial charge on any atom is -0.490 e. The standard InChI is InChI=1S/C24H19NO4S3/c1-2-28-19-13-17(10-11-18(19)29-23(27)20-9-6-12-31-20)14-21-22(26)25(24(30)32-21)15-16-7-4-3-5-8-16/h3-14H,2,15H2,1H3. The van der Waals surface area contributed by atoms with E-state index in [1.165, 1.54) is 23.1 Å². The van der Waals surface area contributed by atoms with Crippen LogP contribution in [0.5, 0.6) is 11.5 Å². The molecule has 5 nitrogen and oxygen atoms in total. The van der Waals surface area contributed by atoms with Gasteiger partial charge in [-0.15, -0.1) is 11.3 Å². The smallest absolute Gasteiger partial charge is 0.353 e. The Bertz CT molecular complexity index is 1170. The van der Waals surface area contributed by atoms with Gasteiger partial charge in [-0.05, 0) is 47.7 Å². The van der Waals surface area contributed by atoms with Crippen molar-refractivity contribution in [2.75, 3.05) is 6.61 Å². The predicted octanol–water partition coefficient (Wildman–Crippen LogP) is 5.77. The maximum absolute atomic E-state index is 12.9. The molecule has 8 heteroatoms. The van der Waals surface area contributed by atoms with Gasteiger partial charge in [0.05, 0.1) is 18.1 Å². The highest BCUT2D eigenvalue weighted by Gasteiger charge is 2.32. The van der Waals surface area contributed by atoms with E-state index in [-0.39, 0.29) is 5.91 Å². The summed E-state index contributed by atoms with van der Waals surface area (Å²) < 4.78 is 11.7. The van der Waals surface area contributed by atoms with Gasteiger partial charge in [0, 0.05) is 0 Å². The van der Waals surface area contributed by atoms with Crippen LogP contribution in [0.2, 0.25) is 0 Å². The summed E-state index contributed by atoms with van der Waals surface area (Å²) in [7, 11) is 0. The second kappa shape index (κ2) is 10.1. The highest BCUT2D eigenvalue weighted by atomic mass is 32.2. The monoisotopic (exact) mass is 481 g/mol. The minimum atomic E-state index is -0.435. The van der Waals surface area contributed by atoms with Gasteiger partial charge in [-0.25, -0.2) is 4.79 Å². The molecule has 0 radical (unpaired) electrons. The van der Waals surface area contributed by atoms with Crippen LogP contribution in [0.15, 0.2) is 70.9 Å². The minimum absolute atomic E-state index is 0.130. The van der Waals surface area contributed by atoms with E-state index in [0.29, 0.717) is 38.8 Å². The molecular weight excluding hydrogens is 462 g/mol. The molecule has 3 aromatic rings. The number of carbonyl (C=O) groups is 2. The average Bonchev–Trinajstić information content (AvgIpc) is 3.42. The molecule has 0 spiro atoms. The van der Waals surface area contributed by atoms with Crippen molar-refractivity contribution >= 4 is 57.6 Å². The summed E-state index contributed by atoms with van der Waals surface area (Å²) >= 11 is 8.02. The van der Waals surface area contributed by atoms with Crippen molar-refractivity contribution in [1.29, 1.82) is 0 Å². The zero-order valence-electron chi connectivity index (χ0n) is 17.1. The largest absolute Gasteiger partial charge is 0.490 e. The number of nitrogens with zero attached hydrogens (tertiary/aromatic N) is 1. The van der Waals surface area contributed by atoms with Gasteiger partial charge >= 0.3 is 5.97 Å². The van der Waals surface area contributed by atoms with E-state index < -0.39 is 5.97 Å². The number of thioether (sulfide) groups is 1. The Balaban J connectivity index is 1.54. The summed E-state index contributed by atoms with van der Waals surface area (Å²) in [5.74, 6) is 0.204. The Labute approximate surface area is 199 Å². The fraction of sp³-hybridized carbons (Fsp3) is 0.125. The van der Waals surface area contributed by atoms with Gasteiger partial charge in [-0.3, -0.25) is 9.69 Å². The molecule has 1 amide bonds. The van der Waals surface area contributed by atoms with Crippen LogP contribution in [0.1, 0.15) is 27.7 Å². The Morgan fingerprint density at radius 3 is 2.62 bits per heavy atom. The van der Waals surface area contributed by atoms with Crippen LogP contribution in [0.4, 0.5) is 0 Å². The molecule has 1 aliphatic rings. The maximum atomic E-state index is 12.9. The Kier molecular flexibility index (Phi) is 7.04. The molecule has 2 aromatic carbocycles. The summed E-state index contributed by atoms with van der Waals surface area (Å²) in [6, 6.07) is 18.4. The third-order valence-electron chi connectivity index (χ3n) is 4.55. The normalized spacial score (nSPS) is 14.8. The first-order valence-corrected chi connectivity index (χ1v) is 12.0. The Morgan fingerprint density at radius 1 is 1.09 bits per heavy atom. The van der Waals surface area contributed by atoms with Crippen LogP contribution in [-0.4, -0.2) is 27.7 Å². The molecule has 162 valence electrons. The van der Waals surface area contributed by atoms with Crippen LogP contribution in [0.3, 0.4) is 0 Å². The predicted molar refractivity (Wildman–Crippen MR) is 132 cm³/mol. The molecule has 0 atom stereocenters. The summed E-state index contributed by atoms with van der Waals surface area (Å²) in [6.45, 7) is 2.70. The first-order valence-electron chi connectivity index (χ1n) is 9.87. The molecule has 1 fully saturated rings. The van der Waals surface area contributed by atoms with E-state index in [1.54, 1.807) is 41.3 Å². The molecule has 0 bridgehead atoms. The molecule has 0 saturated carbocycles. The van der Waals surface area contributed by atoms with Gasteiger partial charge in [0.1, 0.15) is 9.20 Å².